The summed E-state index contributed by atoms with van der Waals surface area (Å²) in [6, 6.07) is 17.5. The van der Waals surface area contributed by atoms with Crippen molar-refractivity contribution in [3.63, 3.8) is 0 Å². The summed E-state index contributed by atoms with van der Waals surface area (Å²) in [5.41, 5.74) is 5.03. The molecule has 6 aromatic rings. The third-order valence-electron chi connectivity index (χ3n) is 10.3. The summed E-state index contributed by atoms with van der Waals surface area (Å²) in [6.45, 7) is 7.81. The van der Waals surface area contributed by atoms with Crippen molar-refractivity contribution in [3.8, 4) is 0 Å². The Morgan fingerprint density at radius 2 is 1.18 bits per heavy atom. The molecule has 2 aliphatic heterocycles. The Labute approximate surface area is 336 Å². The third-order valence-corrected chi connectivity index (χ3v) is 10.8. The number of piperidine rings is 1. The number of nitrogens with one attached hydrogen (secondary N) is 4. The second-order valence-corrected chi connectivity index (χ2v) is 14.9. The second-order valence-electron chi connectivity index (χ2n) is 14.0. The fraction of sp³-hybridized carbons (Fsp3) is 0.366. The fourth-order valence-electron chi connectivity index (χ4n) is 7.32. The number of benzene rings is 2. The first kappa shape index (κ1) is 37.7. The maximum Gasteiger partial charge on any atom is 0.227 e. The Hall–Kier alpha value is -5.24. The molecule has 15 heteroatoms. The van der Waals surface area contributed by atoms with E-state index in [0.717, 1.165) is 135 Å². The van der Waals surface area contributed by atoms with Gasteiger partial charge in [-0.25, -0.2) is 9.97 Å². The van der Waals surface area contributed by atoms with Crippen LogP contribution in [0, 0.1) is 0 Å². The molecule has 8 rings (SSSR count). The van der Waals surface area contributed by atoms with Crippen molar-refractivity contribution < 1.29 is 4.74 Å². The number of pyridine rings is 2. The summed E-state index contributed by atoms with van der Waals surface area (Å²) in [4.78, 5) is 32.8. The van der Waals surface area contributed by atoms with Crippen molar-refractivity contribution in [2.24, 2.45) is 0 Å². The van der Waals surface area contributed by atoms with Crippen molar-refractivity contribution in [1.82, 2.24) is 29.9 Å². The van der Waals surface area contributed by atoms with Gasteiger partial charge in [0, 0.05) is 115 Å². The van der Waals surface area contributed by atoms with Gasteiger partial charge >= 0.3 is 0 Å². The minimum Gasteiger partial charge on any atom is -0.384 e. The van der Waals surface area contributed by atoms with Gasteiger partial charge in [-0.3, -0.25) is 9.97 Å². The molecule has 13 nitrogen and oxygen atoms in total. The van der Waals surface area contributed by atoms with E-state index in [1.54, 1.807) is 6.20 Å². The SMILES string of the molecule is Clc1ccc2c(NCCCNc3ccnc(N4CCC(c5cnc(N6CCOCC6)nc5NCCCNc5ccnc6cc(Cl)ccc56)CC4)n3)ccnc2c1. The maximum atomic E-state index is 6.19. The standard InChI is InChI=1S/C41H46Cl2N12O/c42-29-3-5-31-34(7-16-46-36(31)25-29)44-12-1-14-48-38-9-18-50-40(52-38)54-19-10-28(11-20-54)33-27-51-41(55-21-23-56-24-22-55)53-39(33)49-15-2-13-45-35-8-17-47-37-26-30(43)4-6-32(35)37/h3-9,16-18,25-28H,1-2,10-15,19-24H2,(H,44,46)(H,45,47)(H,48,50,52)(H,49,51,53). The van der Waals surface area contributed by atoms with Crippen LogP contribution in [0.25, 0.3) is 21.8 Å². The van der Waals surface area contributed by atoms with Gasteiger partial charge in [0.2, 0.25) is 11.9 Å². The van der Waals surface area contributed by atoms with Crippen molar-refractivity contribution in [2.75, 3.05) is 96.6 Å². The fourth-order valence-corrected chi connectivity index (χ4v) is 7.66. The predicted molar refractivity (Wildman–Crippen MR) is 228 cm³/mol. The molecule has 0 atom stereocenters. The summed E-state index contributed by atoms with van der Waals surface area (Å²) >= 11 is 12.3. The molecular weight excluding hydrogens is 747 g/mol. The zero-order chi connectivity index (χ0) is 38.1. The summed E-state index contributed by atoms with van der Waals surface area (Å²) < 4.78 is 5.59. The number of aromatic nitrogens is 6. The van der Waals surface area contributed by atoms with E-state index in [1.165, 1.54) is 5.56 Å². The van der Waals surface area contributed by atoms with Gasteiger partial charge in [-0.05, 0) is 86.2 Å². The van der Waals surface area contributed by atoms with E-state index < -0.39 is 0 Å². The largest absolute Gasteiger partial charge is 0.384 e. The molecule has 2 aromatic carbocycles. The summed E-state index contributed by atoms with van der Waals surface area (Å²) in [5.74, 6) is 3.58. The highest BCUT2D eigenvalue weighted by atomic mass is 35.5. The van der Waals surface area contributed by atoms with Crippen molar-refractivity contribution in [3.05, 3.63) is 95.0 Å². The van der Waals surface area contributed by atoms with Crippen LogP contribution in [0.15, 0.2) is 79.4 Å². The second kappa shape index (κ2) is 18.1. The Kier molecular flexibility index (Phi) is 12.2. The molecule has 0 amide bonds. The molecule has 4 aromatic heterocycles. The molecular formula is C41H46Cl2N12O. The summed E-state index contributed by atoms with van der Waals surface area (Å²) in [7, 11) is 0. The lowest BCUT2D eigenvalue weighted by Gasteiger charge is -2.33. The average molecular weight is 794 g/mol. The highest BCUT2D eigenvalue weighted by Gasteiger charge is 2.26. The van der Waals surface area contributed by atoms with Gasteiger partial charge in [-0.2, -0.15) is 9.97 Å². The number of halogens is 2. The zero-order valence-electron chi connectivity index (χ0n) is 31.2. The molecule has 0 radical (unpaired) electrons. The van der Waals surface area contributed by atoms with Crippen molar-refractivity contribution in [2.45, 2.75) is 31.6 Å². The third kappa shape index (κ3) is 9.23. The van der Waals surface area contributed by atoms with Crippen LogP contribution in [-0.4, -0.2) is 95.5 Å². The lowest BCUT2D eigenvalue weighted by atomic mass is 9.90. The van der Waals surface area contributed by atoms with Crippen molar-refractivity contribution >= 4 is 79.9 Å². The van der Waals surface area contributed by atoms with E-state index in [1.807, 2.05) is 73.2 Å². The number of anilines is 6. The Balaban J connectivity index is 0.845. The van der Waals surface area contributed by atoms with E-state index in [9.17, 15) is 0 Å². The molecule has 290 valence electrons. The first-order valence-corrected chi connectivity index (χ1v) is 20.1. The minimum atomic E-state index is 0.323. The molecule has 6 heterocycles. The van der Waals surface area contributed by atoms with Gasteiger partial charge in [0.05, 0.1) is 24.2 Å². The normalized spacial score (nSPS) is 15.0. The molecule has 0 spiro atoms. The van der Waals surface area contributed by atoms with Crippen LogP contribution >= 0.6 is 23.2 Å². The lowest BCUT2D eigenvalue weighted by molar-refractivity contribution is 0.122. The van der Waals surface area contributed by atoms with Crippen LogP contribution in [0.1, 0.15) is 37.2 Å². The van der Waals surface area contributed by atoms with Crippen LogP contribution in [0.2, 0.25) is 10.0 Å². The molecule has 2 saturated heterocycles. The lowest BCUT2D eigenvalue weighted by Crippen LogP contribution is -2.37. The van der Waals surface area contributed by atoms with E-state index in [-0.39, 0.29) is 0 Å². The number of rotatable bonds is 15. The van der Waals surface area contributed by atoms with E-state index in [0.29, 0.717) is 29.2 Å². The molecule has 0 aliphatic carbocycles. The number of ether oxygens (including phenoxy) is 1. The number of nitrogens with zero attached hydrogens (tertiary/aromatic N) is 8. The molecule has 4 N–H and O–H groups in total. The topological polar surface area (TPSA) is 141 Å². The number of fused-ring (bicyclic) bond motifs is 2. The predicted octanol–water partition coefficient (Wildman–Crippen LogP) is 7.72. The number of hydrogen-bond donors (Lipinski definition) is 4. The van der Waals surface area contributed by atoms with Gasteiger partial charge in [-0.15, -0.1) is 0 Å². The van der Waals surface area contributed by atoms with E-state index in [2.05, 4.69) is 46.0 Å². The van der Waals surface area contributed by atoms with Crippen LogP contribution in [0.3, 0.4) is 0 Å². The quantitative estimate of drug-likeness (QED) is 0.0755. The van der Waals surface area contributed by atoms with Crippen LogP contribution in [-0.2, 0) is 4.74 Å². The molecule has 2 fully saturated rings. The minimum absolute atomic E-state index is 0.323. The molecule has 0 bridgehead atoms. The molecule has 56 heavy (non-hydrogen) atoms. The first-order chi connectivity index (χ1) is 27.6. The Morgan fingerprint density at radius 1 is 0.607 bits per heavy atom. The van der Waals surface area contributed by atoms with Gasteiger partial charge < -0.3 is 35.8 Å². The average Bonchev–Trinajstić information content (AvgIpc) is 3.23. The molecule has 2 aliphatic rings. The zero-order valence-corrected chi connectivity index (χ0v) is 32.7. The van der Waals surface area contributed by atoms with Gasteiger partial charge in [0.15, 0.2) is 0 Å². The van der Waals surface area contributed by atoms with Crippen LogP contribution in [0.4, 0.5) is 34.9 Å². The smallest absolute Gasteiger partial charge is 0.227 e. The van der Waals surface area contributed by atoms with E-state index >= 15 is 0 Å². The van der Waals surface area contributed by atoms with Crippen molar-refractivity contribution in [1.29, 1.82) is 0 Å². The Morgan fingerprint density at radius 3 is 1.84 bits per heavy atom. The number of morpholine rings is 1. The summed E-state index contributed by atoms with van der Waals surface area (Å²) in [6.07, 6.45) is 11.2. The first-order valence-electron chi connectivity index (χ1n) is 19.4. The van der Waals surface area contributed by atoms with E-state index in [4.69, 9.17) is 42.9 Å². The Bertz CT molecular complexity index is 2250. The van der Waals surface area contributed by atoms with Gasteiger partial charge in [-0.1, -0.05) is 23.2 Å². The van der Waals surface area contributed by atoms with Gasteiger partial charge in [0.25, 0.3) is 0 Å². The van der Waals surface area contributed by atoms with Crippen LogP contribution < -0.4 is 31.1 Å². The molecule has 0 saturated carbocycles. The van der Waals surface area contributed by atoms with Gasteiger partial charge in [0.1, 0.15) is 11.6 Å². The molecule has 0 unspecified atom stereocenters. The highest BCUT2D eigenvalue weighted by Crippen LogP contribution is 2.34. The highest BCUT2D eigenvalue weighted by molar-refractivity contribution is 6.31. The monoisotopic (exact) mass is 792 g/mol. The number of hydrogen-bond acceptors (Lipinski definition) is 13. The summed E-state index contributed by atoms with van der Waals surface area (Å²) in [5, 5.41) is 17.8. The van der Waals surface area contributed by atoms with Crippen LogP contribution in [0.5, 0.6) is 0 Å². The maximum absolute atomic E-state index is 6.19.